The van der Waals surface area contributed by atoms with Crippen molar-refractivity contribution in [1.82, 2.24) is 9.88 Å². The van der Waals surface area contributed by atoms with Crippen molar-refractivity contribution in [3.8, 4) is 17.5 Å². The first-order valence-corrected chi connectivity index (χ1v) is 12.1. The van der Waals surface area contributed by atoms with Crippen molar-refractivity contribution in [1.29, 1.82) is 5.26 Å². The number of aryl methyl sites for hydroxylation is 1. The topological polar surface area (TPSA) is 85.4 Å². The molecule has 1 amide bonds. The Hall–Kier alpha value is -4.41. The number of carbonyl (C=O) groups is 1. The van der Waals surface area contributed by atoms with Gasteiger partial charge in [0, 0.05) is 43.0 Å². The SMILES string of the molecule is Cc1coc(-c2ccc(N3CCN(C4c5ccccc5NC(=O)c5ccccc54)CC3)c(C#N)c2)n1. The van der Waals surface area contributed by atoms with Crippen LogP contribution in [0, 0.1) is 18.3 Å². The Labute approximate surface area is 209 Å². The lowest BCUT2D eigenvalue weighted by atomic mass is 9.93. The lowest BCUT2D eigenvalue weighted by molar-refractivity contribution is 0.102. The highest BCUT2D eigenvalue weighted by molar-refractivity contribution is 6.07. The summed E-state index contributed by atoms with van der Waals surface area (Å²) in [5.74, 6) is 0.452. The van der Waals surface area contributed by atoms with E-state index in [4.69, 9.17) is 4.42 Å². The molecule has 4 aromatic rings. The molecule has 1 saturated heterocycles. The molecule has 0 spiro atoms. The van der Waals surface area contributed by atoms with E-state index in [1.807, 2.05) is 61.5 Å². The Morgan fingerprint density at radius 1 is 1.00 bits per heavy atom. The summed E-state index contributed by atoms with van der Waals surface area (Å²) in [7, 11) is 0. The van der Waals surface area contributed by atoms with Crippen molar-refractivity contribution in [3.63, 3.8) is 0 Å². The fraction of sp³-hybridized carbons (Fsp3) is 0.207. The molecule has 36 heavy (non-hydrogen) atoms. The van der Waals surface area contributed by atoms with Crippen molar-refractivity contribution in [3.05, 3.63) is 101 Å². The van der Waals surface area contributed by atoms with Crippen LogP contribution in [0.4, 0.5) is 11.4 Å². The molecule has 1 N–H and O–H groups in total. The molecular formula is C29H25N5O2. The summed E-state index contributed by atoms with van der Waals surface area (Å²) in [6, 6.07) is 24.1. The third-order valence-electron chi connectivity index (χ3n) is 7.01. The predicted octanol–water partition coefficient (Wildman–Crippen LogP) is 5.00. The number of para-hydroxylation sites is 1. The molecule has 2 aliphatic heterocycles. The van der Waals surface area contributed by atoms with E-state index < -0.39 is 0 Å². The molecule has 3 aromatic carbocycles. The second kappa shape index (κ2) is 8.99. The third kappa shape index (κ3) is 3.82. The van der Waals surface area contributed by atoms with Gasteiger partial charge in [-0.05, 0) is 48.4 Å². The van der Waals surface area contributed by atoms with Gasteiger partial charge in [0.1, 0.15) is 12.3 Å². The molecule has 1 unspecified atom stereocenters. The van der Waals surface area contributed by atoms with E-state index >= 15 is 0 Å². The van der Waals surface area contributed by atoms with Crippen molar-refractivity contribution in [2.75, 3.05) is 36.4 Å². The van der Waals surface area contributed by atoms with Gasteiger partial charge in [-0.2, -0.15) is 5.26 Å². The van der Waals surface area contributed by atoms with Crippen molar-refractivity contribution >= 4 is 17.3 Å². The minimum Gasteiger partial charge on any atom is -0.444 e. The van der Waals surface area contributed by atoms with Gasteiger partial charge in [-0.25, -0.2) is 4.98 Å². The van der Waals surface area contributed by atoms with Crippen LogP contribution in [0.2, 0.25) is 0 Å². The Balaban J connectivity index is 1.28. The van der Waals surface area contributed by atoms with Gasteiger partial charge in [-0.3, -0.25) is 9.69 Å². The number of fused-ring (bicyclic) bond motifs is 2. The molecule has 1 fully saturated rings. The molecule has 0 bridgehead atoms. The van der Waals surface area contributed by atoms with Gasteiger partial charge >= 0.3 is 0 Å². The number of amides is 1. The number of oxazole rings is 1. The van der Waals surface area contributed by atoms with Crippen molar-refractivity contribution < 1.29 is 9.21 Å². The van der Waals surface area contributed by atoms with Crippen LogP contribution in [0.1, 0.15) is 38.8 Å². The monoisotopic (exact) mass is 475 g/mol. The van der Waals surface area contributed by atoms with E-state index in [-0.39, 0.29) is 11.9 Å². The normalized spacial score (nSPS) is 17.5. The summed E-state index contributed by atoms with van der Waals surface area (Å²) in [5, 5.41) is 13.0. The van der Waals surface area contributed by atoms with Crippen LogP contribution in [-0.4, -0.2) is 42.0 Å². The zero-order chi connectivity index (χ0) is 24.6. The largest absolute Gasteiger partial charge is 0.444 e. The number of anilines is 2. The molecule has 178 valence electrons. The molecule has 1 atom stereocenters. The van der Waals surface area contributed by atoms with Crippen LogP contribution in [-0.2, 0) is 0 Å². The Morgan fingerprint density at radius 3 is 2.50 bits per heavy atom. The maximum atomic E-state index is 13.0. The second-order valence-corrected chi connectivity index (χ2v) is 9.19. The summed E-state index contributed by atoms with van der Waals surface area (Å²) in [4.78, 5) is 22.0. The van der Waals surface area contributed by atoms with Gasteiger partial charge in [0.15, 0.2) is 0 Å². The van der Waals surface area contributed by atoms with E-state index in [0.29, 0.717) is 17.0 Å². The van der Waals surface area contributed by atoms with Crippen LogP contribution < -0.4 is 10.2 Å². The number of hydrogen-bond acceptors (Lipinski definition) is 6. The van der Waals surface area contributed by atoms with E-state index in [2.05, 4.69) is 38.3 Å². The van der Waals surface area contributed by atoms with E-state index in [9.17, 15) is 10.1 Å². The number of benzene rings is 3. The van der Waals surface area contributed by atoms with Crippen LogP contribution in [0.15, 0.2) is 77.4 Å². The van der Waals surface area contributed by atoms with E-state index in [1.54, 1.807) is 6.26 Å². The first kappa shape index (κ1) is 22.1. The summed E-state index contributed by atoms with van der Waals surface area (Å²) in [6.45, 7) is 5.02. The molecule has 0 radical (unpaired) electrons. The number of aromatic nitrogens is 1. The quantitative estimate of drug-likeness (QED) is 0.449. The minimum atomic E-state index is -0.0702. The molecular weight excluding hydrogens is 450 g/mol. The van der Waals surface area contributed by atoms with Gasteiger partial charge in [0.25, 0.3) is 5.91 Å². The molecule has 6 rings (SSSR count). The van der Waals surface area contributed by atoms with Gasteiger partial charge in [0.05, 0.1) is 23.0 Å². The van der Waals surface area contributed by atoms with Crippen LogP contribution in [0.25, 0.3) is 11.5 Å². The van der Waals surface area contributed by atoms with Crippen LogP contribution in [0.5, 0.6) is 0 Å². The highest BCUT2D eigenvalue weighted by atomic mass is 16.3. The third-order valence-corrected chi connectivity index (χ3v) is 7.01. The number of hydrogen-bond donors (Lipinski definition) is 1. The average molecular weight is 476 g/mol. The molecule has 0 saturated carbocycles. The smallest absolute Gasteiger partial charge is 0.256 e. The van der Waals surface area contributed by atoms with E-state index in [0.717, 1.165) is 59.9 Å². The summed E-state index contributed by atoms with van der Waals surface area (Å²) in [6.07, 6.45) is 1.61. The lowest BCUT2D eigenvalue weighted by Crippen LogP contribution is -2.48. The fourth-order valence-corrected chi connectivity index (χ4v) is 5.28. The van der Waals surface area contributed by atoms with Gasteiger partial charge < -0.3 is 14.6 Å². The second-order valence-electron chi connectivity index (χ2n) is 9.19. The molecule has 3 heterocycles. The average Bonchev–Trinajstić information content (AvgIpc) is 3.31. The highest BCUT2D eigenvalue weighted by Crippen LogP contribution is 2.39. The summed E-state index contributed by atoms with van der Waals surface area (Å²) < 4.78 is 5.52. The highest BCUT2D eigenvalue weighted by Gasteiger charge is 2.33. The van der Waals surface area contributed by atoms with Gasteiger partial charge in [-0.1, -0.05) is 36.4 Å². The van der Waals surface area contributed by atoms with Crippen LogP contribution in [0.3, 0.4) is 0 Å². The Bertz CT molecular complexity index is 1490. The number of carbonyl (C=O) groups excluding carboxylic acids is 1. The molecule has 2 aliphatic rings. The molecule has 0 aliphatic carbocycles. The molecule has 7 heteroatoms. The first-order chi connectivity index (χ1) is 17.6. The standard InChI is InChI=1S/C29H25N5O2/c1-19-18-36-29(31-19)20-10-11-26(21(16-20)17-30)33-12-14-34(15-13-33)27-22-6-2-3-7-23(22)28(35)32-25-9-5-4-8-24(25)27/h2-11,16,18,27H,12-15H2,1H3,(H,32,35). The zero-order valence-corrected chi connectivity index (χ0v) is 19.9. The van der Waals surface area contributed by atoms with Crippen molar-refractivity contribution in [2.24, 2.45) is 0 Å². The number of piperazine rings is 1. The zero-order valence-electron chi connectivity index (χ0n) is 19.9. The van der Waals surface area contributed by atoms with Crippen molar-refractivity contribution in [2.45, 2.75) is 13.0 Å². The first-order valence-electron chi connectivity index (χ1n) is 12.1. The van der Waals surface area contributed by atoms with Gasteiger partial charge in [-0.15, -0.1) is 0 Å². The lowest BCUT2D eigenvalue weighted by Gasteiger charge is -2.41. The Kier molecular flexibility index (Phi) is 5.51. The fourth-order valence-electron chi connectivity index (χ4n) is 5.28. The number of rotatable bonds is 3. The number of nitrogens with zero attached hydrogens (tertiary/aromatic N) is 4. The maximum absolute atomic E-state index is 13.0. The molecule has 1 aromatic heterocycles. The van der Waals surface area contributed by atoms with E-state index in [1.165, 1.54) is 0 Å². The molecule has 7 nitrogen and oxygen atoms in total. The minimum absolute atomic E-state index is 0.0235. The van der Waals surface area contributed by atoms with Crippen LogP contribution >= 0.6 is 0 Å². The Morgan fingerprint density at radius 2 is 1.75 bits per heavy atom. The number of nitrogens with one attached hydrogen (secondary N) is 1. The number of nitriles is 1. The maximum Gasteiger partial charge on any atom is 0.256 e. The summed E-state index contributed by atoms with van der Waals surface area (Å²) >= 11 is 0. The summed E-state index contributed by atoms with van der Waals surface area (Å²) in [5.41, 5.74) is 6.83. The van der Waals surface area contributed by atoms with Gasteiger partial charge in [0.2, 0.25) is 5.89 Å². The predicted molar refractivity (Wildman–Crippen MR) is 138 cm³/mol.